The number of nitrogens with zero attached hydrogens (tertiary/aromatic N) is 20. The average Bonchev–Trinajstić information content (AvgIpc) is 1.52. The van der Waals surface area contributed by atoms with Gasteiger partial charge in [-0.25, -0.2) is 61.8 Å². The number of alkyl halides is 1. The van der Waals surface area contributed by atoms with E-state index in [2.05, 4.69) is 231 Å². The first-order chi connectivity index (χ1) is 67.8. The maximum Gasteiger partial charge on any atom is 0.278 e. The summed E-state index contributed by atoms with van der Waals surface area (Å²) in [5, 5.41) is 29.4. The second-order valence-corrected chi connectivity index (χ2v) is 44.3. The van der Waals surface area contributed by atoms with Crippen molar-refractivity contribution < 1.29 is 4.39 Å². The lowest BCUT2D eigenvalue weighted by Crippen LogP contribution is -2.38. The lowest BCUT2D eigenvalue weighted by Gasteiger charge is -2.33. The smallest absolute Gasteiger partial charge is 0.278 e. The molecule has 24 rings (SSSR count). The van der Waals surface area contributed by atoms with Gasteiger partial charge in [0.2, 0.25) is 23.8 Å². The molecule has 8 N–H and O–H groups in total. The number of benzene rings is 4. The number of anilines is 8. The number of nitrogens with one attached hydrogen (secondary N) is 8. The lowest BCUT2D eigenvalue weighted by molar-refractivity contribution is 0.214. The first-order valence-electron chi connectivity index (χ1n) is 49.8. The minimum Gasteiger partial charge on any atom is -0.324 e. The molecule has 4 fully saturated rings. The van der Waals surface area contributed by atoms with Crippen molar-refractivity contribution >= 4 is 90.7 Å². The molecular weight excluding hydrogens is 1780 g/mol. The molecule has 32 nitrogen and oxygen atoms in total. The van der Waals surface area contributed by atoms with Crippen molar-refractivity contribution in [3.05, 3.63) is 280 Å². The van der Waals surface area contributed by atoms with Gasteiger partial charge in [0.1, 0.15) is 27.2 Å². The molecule has 16 aromatic rings. The maximum absolute atomic E-state index is 14.7. The van der Waals surface area contributed by atoms with Crippen LogP contribution in [0, 0.1) is 0 Å². The van der Waals surface area contributed by atoms with Gasteiger partial charge in [0.05, 0.1) is 40.5 Å². The van der Waals surface area contributed by atoms with E-state index in [1.165, 1.54) is 84.0 Å². The van der Waals surface area contributed by atoms with E-state index in [9.17, 15) is 23.6 Å². The van der Waals surface area contributed by atoms with E-state index in [1.807, 2.05) is 89.0 Å². The quantitative estimate of drug-likeness (QED) is 0.0420. The van der Waals surface area contributed by atoms with Crippen LogP contribution in [0.3, 0.4) is 0 Å². The van der Waals surface area contributed by atoms with E-state index in [1.54, 1.807) is 74.2 Å². The Hall–Kier alpha value is -14.2. The zero-order valence-corrected chi connectivity index (χ0v) is 84.0. The molecule has 0 amide bonds. The van der Waals surface area contributed by atoms with Crippen LogP contribution in [0.15, 0.2) is 190 Å². The van der Waals surface area contributed by atoms with Crippen molar-refractivity contribution in [1.29, 1.82) is 0 Å². The van der Waals surface area contributed by atoms with E-state index in [0.29, 0.717) is 90.1 Å². The third-order valence-electron chi connectivity index (χ3n) is 28.6. The maximum atomic E-state index is 14.7. The van der Waals surface area contributed by atoms with Crippen molar-refractivity contribution in [1.82, 2.24) is 119 Å². The summed E-state index contributed by atoms with van der Waals surface area (Å²) >= 11 is 0. The topological polar surface area (TPSA) is 359 Å². The van der Waals surface area contributed by atoms with Gasteiger partial charge in [-0.2, -0.15) is 19.9 Å². The first kappa shape index (κ1) is 94.1. The highest BCUT2D eigenvalue weighted by molar-refractivity contribution is 5.82. The molecule has 732 valence electrons. The predicted octanol–water partition coefficient (Wildman–Crippen LogP) is 18.1. The summed E-state index contributed by atoms with van der Waals surface area (Å²) in [5.74, 6) is 1.80. The molecule has 0 atom stereocenters. The van der Waals surface area contributed by atoms with Crippen molar-refractivity contribution in [2.45, 2.75) is 264 Å². The summed E-state index contributed by atoms with van der Waals surface area (Å²) in [6, 6.07) is 41.4. The Morgan fingerprint density at radius 2 is 0.676 bits per heavy atom. The van der Waals surface area contributed by atoms with Gasteiger partial charge in [-0.05, 0) is 247 Å². The standard InChI is InChI=1S/C28H31N7O.C28H33N7O.C28H35N7O.C25H26FN7O/c1-27(2,3)23-13-20(8-11-30-23)34-24-21(25(36)35(34)19-5-6-19)15-31-26(33-24)32-18-4-7-22-17(12-18)14-29-16-28(22)9-10-28;1-17(2)34-25(36)21-15-31-26(32-19-6-7-22-18(12-19)14-29-16-28(22)9-10-28)33-24(21)35(34)20-8-11-30-23(13-20)27(3,4)5;1-17(2)34-25(36)21-15-31-26(32-19-8-9-22-18(12-19)14-29-16-28(22,6)7)33-24(21)35(34)20-10-11-30-23(13-20)27(3,4)5;1-25(2,26)21-12-19(8-10-28-21)32-22-20(23(34)33(32)18-5-6-18)14-29-24(31-22)30-17-4-3-15-7-9-27-13-16(15)11-17/h4,7-8,11-13,15,19,29H,5-6,9-10,14,16H2,1-3H3,(H,31,32,33);6-8,11-13,15,17,29H,9-10,14,16H2,1-5H3,(H,31,32,33);8-13,15,17,29H,14,16H2,1-7H3,(H,31,32,33);3-4,8,10-12,14,18,27H,5-7,9,13H2,1-2H3,(H,29,30,31). The summed E-state index contributed by atoms with van der Waals surface area (Å²) in [5.41, 5.74) is 21.7. The highest BCUT2D eigenvalue weighted by Crippen LogP contribution is 2.53. The molecule has 4 aliphatic carbocycles. The fourth-order valence-corrected chi connectivity index (χ4v) is 20.3. The Balaban J connectivity index is 0.000000112. The molecule has 0 saturated heterocycles. The first-order valence-corrected chi connectivity index (χ1v) is 49.8. The van der Waals surface area contributed by atoms with Crippen LogP contribution < -0.4 is 64.8 Å². The minimum absolute atomic E-state index is 0.0391. The lowest BCUT2D eigenvalue weighted by atomic mass is 9.79. The molecule has 142 heavy (non-hydrogen) atoms. The van der Waals surface area contributed by atoms with Gasteiger partial charge in [0.15, 0.2) is 22.6 Å². The van der Waals surface area contributed by atoms with E-state index in [4.69, 9.17) is 19.9 Å². The number of hydrogen-bond acceptors (Lipinski definition) is 24. The highest BCUT2D eigenvalue weighted by Gasteiger charge is 2.48. The van der Waals surface area contributed by atoms with Gasteiger partial charge < -0.3 is 42.5 Å². The van der Waals surface area contributed by atoms with Crippen LogP contribution in [0.4, 0.5) is 50.9 Å². The van der Waals surface area contributed by atoms with E-state index >= 15 is 0 Å². The minimum atomic E-state index is -1.60. The summed E-state index contributed by atoms with van der Waals surface area (Å²) in [4.78, 5) is 109. The molecule has 8 aliphatic rings. The van der Waals surface area contributed by atoms with Gasteiger partial charge in [0, 0.05) is 180 Å². The molecule has 4 aliphatic heterocycles. The fraction of sp³-hybridized carbons (Fsp3) is 0.413. The SMILES string of the molecule is CC(C)(C)c1cc(-n2c3nc(Nc4ccc5c(c4)CNCC54CC4)ncc3c(=O)n2C2CC2)ccn1.CC(C)(F)c1cc(-n2c3nc(Nc4ccc5c(c4)CNCC5)ncc3c(=O)n2C2CC2)ccn1.CC(C)n1c(=O)c2cnc(Nc3ccc4c(c3)CNCC4(C)C)nc2n1-c1ccnc(C(C)(C)C)c1.CC(C)n1c(=O)c2cnc(Nc3ccc4c(c3)CNCC43CC3)nc2n1-c1ccnc(C(C)(C)C)c1. The highest BCUT2D eigenvalue weighted by atomic mass is 19.1. The Kier molecular flexibility index (Phi) is 23.7. The normalized spacial score (nSPS) is 16.6. The molecule has 4 saturated carbocycles. The van der Waals surface area contributed by atoms with Crippen LogP contribution in [-0.2, 0) is 70.8 Å². The van der Waals surface area contributed by atoms with Gasteiger partial charge in [0.25, 0.3) is 22.2 Å². The zero-order valence-electron chi connectivity index (χ0n) is 84.0. The van der Waals surface area contributed by atoms with Crippen LogP contribution in [-0.4, -0.2) is 123 Å². The Morgan fingerprint density at radius 3 is 1.04 bits per heavy atom. The zero-order chi connectivity index (χ0) is 99.2. The van der Waals surface area contributed by atoms with Crippen molar-refractivity contribution in [3.63, 3.8) is 0 Å². The molecule has 0 bridgehead atoms. The molecule has 0 radical (unpaired) electrons. The molecule has 0 unspecified atom stereocenters. The Bertz CT molecular complexity index is 7390. The molecule has 2 spiro atoms. The van der Waals surface area contributed by atoms with Crippen molar-refractivity contribution in [2.24, 2.45) is 0 Å². The summed E-state index contributed by atoms with van der Waals surface area (Å²) in [6.45, 7) is 42.2. The fourth-order valence-electron chi connectivity index (χ4n) is 20.3. The van der Waals surface area contributed by atoms with Crippen LogP contribution in [0.25, 0.3) is 66.9 Å². The third kappa shape index (κ3) is 18.3. The molecule has 12 aromatic heterocycles. The number of halogens is 1. The second-order valence-electron chi connectivity index (χ2n) is 44.3. The van der Waals surface area contributed by atoms with Crippen molar-refractivity contribution in [2.75, 3.05) is 47.4 Å². The predicted molar refractivity (Wildman–Crippen MR) is 556 cm³/mol. The van der Waals surface area contributed by atoms with Crippen LogP contribution >= 0.6 is 0 Å². The van der Waals surface area contributed by atoms with Gasteiger partial charge in [-0.3, -0.25) is 39.1 Å². The Labute approximate surface area is 822 Å². The summed E-state index contributed by atoms with van der Waals surface area (Å²) in [7, 11) is 0. The molecular formula is C109H125FN28O4. The number of hydrogen-bond donors (Lipinski definition) is 8. The Morgan fingerprint density at radius 1 is 0.359 bits per heavy atom. The van der Waals surface area contributed by atoms with Crippen LogP contribution in [0.2, 0.25) is 0 Å². The van der Waals surface area contributed by atoms with Crippen LogP contribution in [0.1, 0.15) is 261 Å². The number of rotatable bonds is 17. The number of pyridine rings is 4. The number of aromatic nitrogens is 20. The summed E-state index contributed by atoms with van der Waals surface area (Å²) in [6.07, 6.45) is 23.4. The van der Waals surface area contributed by atoms with Gasteiger partial charge >= 0.3 is 0 Å². The van der Waals surface area contributed by atoms with Gasteiger partial charge in [-0.15, -0.1) is 0 Å². The monoisotopic (exact) mass is 1910 g/mol. The molecule has 16 heterocycles. The van der Waals surface area contributed by atoms with Crippen LogP contribution in [0.5, 0.6) is 0 Å². The third-order valence-corrected chi connectivity index (χ3v) is 28.6. The van der Waals surface area contributed by atoms with E-state index < -0.39 is 5.67 Å². The summed E-state index contributed by atoms with van der Waals surface area (Å²) < 4.78 is 29.2. The molecule has 33 heteroatoms. The number of fused-ring (bicyclic) bond motifs is 10. The van der Waals surface area contributed by atoms with Crippen molar-refractivity contribution in [3.8, 4) is 22.7 Å². The van der Waals surface area contributed by atoms with E-state index in [0.717, 1.165) is 141 Å². The van der Waals surface area contributed by atoms with Gasteiger partial charge in [-0.1, -0.05) is 100 Å². The average molecular weight is 1910 g/mol. The molecule has 4 aromatic carbocycles. The van der Waals surface area contributed by atoms with E-state index in [-0.39, 0.29) is 68.1 Å². The second kappa shape index (κ2) is 35.8. The largest absolute Gasteiger partial charge is 0.324 e.